The van der Waals surface area contributed by atoms with Gasteiger partial charge in [0.25, 0.3) is 0 Å². The molecule has 0 aliphatic rings. The van der Waals surface area contributed by atoms with E-state index in [2.05, 4.69) is 5.32 Å². The fourth-order valence-corrected chi connectivity index (χ4v) is 2.35. The first kappa shape index (κ1) is 15.1. The van der Waals surface area contributed by atoms with Crippen LogP contribution in [0.4, 0.5) is 5.69 Å². The van der Waals surface area contributed by atoms with Gasteiger partial charge in [0.1, 0.15) is 0 Å². The first-order valence-electron chi connectivity index (χ1n) is 6.04. The lowest BCUT2D eigenvalue weighted by molar-refractivity contribution is -0.114. The predicted molar refractivity (Wildman–Crippen MR) is 76.9 cm³/mol. The van der Waals surface area contributed by atoms with E-state index in [1.165, 1.54) is 6.92 Å². The molecule has 0 aliphatic heterocycles. The molecule has 0 bridgehead atoms. The highest BCUT2D eigenvalue weighted by atomic mass is 32.2. The number of hydrogen-bond acceptors (Lipinski definition) is 3. The quantitative estimate of drug-likeness (QED) is 0.806. The number of aliphatic hydroxyl groups is 1. The van der Waals surface area contributed by atoms with Crippen molar-refractivity contribution in [3.8, 4) is 0 Å². The van der Waals surface area contributed by atoms with E-state index in [4.69, 9.17) is 0 Å². The van der Waals surface area contributed by atoms with Gasteiger partial charge in [0.05, 0.1) is 5.60 Å². The largest absolute Gasteiger partial charge is 0.389 e. The Hall–Kier alpha value is -1.00. The summed E-state index contributed by atoms with van der Waals surface area (Å²) in [7, 11) is 0. The first-order valence-corrected chi connectivity index (χ1v) is 7.02. The number of benzene rings is 1. The van der Waals surface area contributed by atoms with Gasteiger partial charge in [-0.25, -0.2) is 0 Å². The number of thioether (sulfide) groups is 1. The zero-order valence-electron chi connectivity index (χ0n) is 11.4. The number of rotatable bonds is 5. The summed E-state index contributed by atoms with van der Waals surface area (Å²) in [6.07, 6.45) is 0. The molecule has 0 aromatic heterocycles. The Labute approximate surface area is 113 Å². The highest BCUT2D eigenvalue weighted by molar-refractivity contribution is 7.99. The summed E-state index contributed by atoms with van der Waals surface area (Å²) in [4.78, 5) is 12.0. The SMILES string of the molecule is CC(=O)Nc1ccc(SCC(C)(O)C(C)C)cc1. The van der Waals surface area contributed by atoms with E-state index in [0.29, 0.717) is 5.75 Å². The van der Waals surface area contributed by atoms with Gasteiger partial charge in [0.15, 0.2) is 0 Å². The molecule has 0 fully saturated rings. The van der Waals surface area contributed by atoms with Crippen molar-refractivity contribution in [2.45, 2.75) is 38.2 Å². The van der Waals surface area contributed by atoms with Gasteiger partial charge in [0, 0.05) is 23.3 Å². The second-order valence-electron chi connectivity index (χ2n) is 5.01. The van der Waals surface area contributed by atoms with Crippen LogP contribution in [0.1, 0.15) is 27.7 Å². The molecular formula is C14H21NO2S. The van der Waals surface area contributed by atoms with Crippen LogP contribution in [0.5, 0.6) is 0 Å². The summed E-state index contributed by atoms with van der Waals surface area (Å²) in [6.45, 7) is 7.37. The van der Waals surface area contributed by atoms with Crippen molar-refractivity contribution in [3.05, 3.63) is 24.3 Å². The van der Waals surface area contributed by atoms with Crippen LogP contribution < -0.4 is 5.32 Å². The molecule has 0 radical (unpaired) electrons. The monoisotopic (exact) mass is 267 g/mol. The topological polar surface area (TPSA) is 49.3 Å². The van der Waals surface area contributed by atoms with Crippen LogP contribution in [0.15, 0.2) is 29.2 Å². The van der Waals surface area contributed by atoms with E-state index in [0.717, 1.165) is 10.6 Å². The number of amides is 1. The number of hydrogen-bond donors (Lipinski definition) is 2. The average Bonchev–Trinajstić information content (AvgIpc) is 2.27. The highest BCUT2D eigenvalue weighted by Crippen LogP contribution is 2.27. The molecule has 1 aromatic carbocycles. The Morgan fingerprint density at radius 1 is 1.39 bits per heavy atom. The van der Waals surface area contributed by atoms with Crippen LogP contribution >= 0.6 is 11.8 Å². The zero-order valence-corrected chi connectivity index (χ0v) is 12.2. The molecule has 0 spiro atoms. The Morgan fingerprint density at radius 2 is 1.94 bits per heavy atom. The third-order valence-corrected chi connectivity index (χ3v) is 4.28. The molecule has 2 N–H and O–H groups in total. The first-order chi connectivity index (χ1) is 8.31. The minimum absolute atomic E-state index is 0.0712. The molecule has 1 amide bonds. The molecule has 100 valence electrons. The van der Waals surface area contributed by atoms with Crippen molar-refractivity contribution >= 4 is 23.4 Å². The van der Waals surface area contributed by atoms with E-state index < -0.39 is 5.60 Å². The summed E-state index contributed by atoms with van der Waals surface area (Å²) < 4.78 is 0. The van der Waals surface area contributed by atoms with Gasteiger partial charge in [-0.05, 0) is 37.1 Å². The summed E-state index contributed by atoms with van der Waals surface area (Å²) >= 11 is 1.62. The second kappa shape index (κ2) is 6.25. The number of carbonyl (C=O) groups is 1. The molecule has 1 rings (SSSR count). The lowest BCUT2D eigenvalue weighted by atomic mass is 9.95. The summed E-state index contributed by atoms with van der Waals surface area (Å²) in [5.74, 6) is 0.811. The van der Waals surface area contributed by atoms with Crippen LogP contribution in [0, 0.1) is 5.92 Å². The fourth-order valence-electron chi connectivity index (χ4n) is 1.23. The third-order valence-electron chi connectivity index (χ3n) is 2.95. The minimum Gasteiger partial charge on any atom is -0.389 e. The molecule has 1 unspecified atom stereocenters. The summed E-state index contributed by atoms with van der Waals surface area (Å²) in [5, 5.41) is 12.9. The van der Waals surface area contributed by atoms with E-state index in [1.54, 1.807) is 11.8 Å². The van der Waals surface area contributed by atoms with Gasteiger partial charge < -0.3 is 10.4 Å². The summed E-state index contributed by atoms with van der Waals surface area (Å²) in [6, 6.07) is 7.64. The van der Waals surface area contributed by atoms with Gasteiger partial charge in [-0.1, -0.05) is 13.8 Å². The standard InChI is InChI=1S/C14H21NO2S/c1-10(2)14(4,17)9-18-13-7-5-12(6-8-13)15-11(3)16/h5-8,10,17H,9H2,1-4H3,(H,15,16). The maximum Gasteiger partial charge on any atom is 0.221 e. The maximum absolute atomic E-state index is 10.9. The normalized spacial score (nSPS) is 14.3. The maximum atomic E-state index is 10.9. The highest BCUT2D eigenvalue weighted by Gasteiger charge is 2.24. The molecule has 0 heterocycles. The minimum atomic E-state index is -0.666. The molecule has 1 aromatic rings. The Balaban J connectivity index is 2.56. The number of nitrogens with one attached hydrogen (secondary N) is 1. The molecule has 3 nitrogen and oxygen atoms in total. The average molecular weight is 267 g/mol. The number of carbonyl (C=O) groups excluding carboxylic acids is 1. The van der Waals surface area contributed by atoms with Gasteiger partial charge >= 0.3 is 0 Å². The van der Waals surface area contributed by atoms with E-state index in [1.807, 2.05) is 45.0 Å². The van der Waals surface area contributed by atoms with Crippen molar-refractivity contribution in [2.75, 3.05) is 11.1 Å². The van der Waals surface area contributed by atoms with Crippen LogP contribution in [-0.2, 0) is 4.79 Å². The van der Waals surface area contributed by atoms with Crippen LogP contribution in [0.25, 0.3) is 0 Å². The Bertz CT molecular complexity index is 399. The van der Waals surface area contributed by atoms with Crippen molar-refractivity contribution < 1.29 is 9.90 Å². The predicted octanol–water partition coefficient (Wildman–Crippen LogP) is 3.14. The molecule has 0 aliphatic carbocycles. The molecule has 1 atom stereocenters. The Kier molecular flexibility index (Phi) is 5.23. The van der Waals surface area contributed by atoms with Crippen molar-refractivity contribution in [1.29, 1.82) is 0 Å². The molecule has 0 saturated carbocycles. The number of anilines is 1. The molecular weight excluding hydrogens is 246 g/mol. The lowest BCUT2D eigenvalue weighted by Crippen LogP contribution is -2.33. The smallest absolute Gasteiger partial charge is 0.221 e. The second-order valence-corrected chi connectivity index (χ2v) is 6.05. The van der Waals surface area contributed by atoms with Crippen LogP contribution in [0.3, 0.4) is 0 Å². The summed E-state index contributed by atoms with van der Waals surface area (Å²) in [5.41, 5.74) is 0.128. The van der Waals surface area contributed by atoms with Crippen LogP contribution in [-0.4, -0.2) is 22.4 Å². The fraction of sp³-hybridized carbons (Fsp3) is 0.500. The van der Waals surface area contributed by atoms with Crippen molar-refractivity contribution in [3.63, 3.8) is 0 Å². The van der Waals surface area contributed by atoms with Gasteiger partial charge in [-0.3, -0.25) is 4.79 Å². The van der Waals surface area contributed by atoms with Gasteiger partial charge in [0.2, 0.25) is 5.91 Å². The lowest BCUT2D eigenvalue weighted by Gasteiger charge is -2.27. The molecule has 0 saturated heterocycles. The van der Waals surface area contributed by atoms with E-state index >= 15 is 0 Å². The van der Waals surface area contributed by atoms with Crippen molar-refractivity contribution in [2.24, 2.45) is 5.92 Å². The van der Waals surface area contributed by atoms with E-state index in [9.17, 15) is 9.90 Å². The third kappa shape index (κ3) is 4.70. The van der Waals surface area contributed by atoms with Crippen LogP contribution in [0.2, 0.25) is 0 Å². The van der Waals surface area contributed by atoms with E-state index in [-0.39, 0.29) is 11.8 Å². The van der Waals surface area contributed by atoms with Gasteiger partial charge in [-0.2, -0.15) is 0 Å². The zero-order chi connectivity index (χ0) is 13.8. The molecule has 18 heavy (non-hydrogen) atoms. The van der Waals surface area contributed by atoms with Crippen molar-refractivity contribution in [1.82, 2.24) is 0 Å². The Morgan fingerprint density at radius 3 is 2.39 bits per heavy atom. The molecule has 4 heteroatoms. The van der Waals surface area contributed by atoms with Gasteiger partial charge in [-0.15, -0.1) is 11.8 Å².